The summed E-state index contributed by atoms with van der Waals surface area (Å²) < 4.78 is 0. The quantitative estimate of drug-likeness (QED) is 0.454. The molecule has 0 aliphatic carbocycles. The second kappa shape index (κ2) is 10.4. The van der Waals surface area contributed by atoms with E-state index in [0.29, 0.717) is 0 Å². The van der Waals surface area contributed by atoms with Crippen LogP contribution in [0.5, 0.6) is 0 Å². The maximum absolute atomic E-state index is 2.19. The predicted octanol–water partition coefficient (Wildman–Crippen LogP) is 7.69. The van der Waals surface area contributed by atoms with Crippen LogP contribution in [0.1, 0.15) is 38.8 Å². The molecule has 0 heteroatoms. The Balaban J connectivity index is 0.000000671. The van der Waals surface area contributed by atoms with Gasteiger partial charge in [0.15, 0.2) is 0 Å². The van der Waals surface area contributed by atoms with E-state index in [2.05, 4.69) is 86.6 Å². The zero-order valence-electron chi connectivity index (χ0n) is 15.9. The Labute approximate surface area is 148 Å². The summed E-state index contributed by atoms with van der Waals surface area (Å²) in [5.41, 5.74) is 7.66. The van der Waals surface area contributed by atoms with Crippen molar-refractivity contribution in [2.24, 2.45) is 0 Å². The van der Waals surface area contributed by atoms with Crippen molar-refractivity contribution in [3.05, 3.63) is 83.9 Å². The van der Waals surface area contributed by atoms with Crippen LogP contribution < -0.4 is 0 Å². The van der Waals surface area contributed by atoms with Crippen molar-refractivity contribution < 1.29 is 0 Å². The molecule has 0 aromatic heterocycles. The molecule has 0 amide bonds. The van der Waals surface area contributed by atoms with E-state index in [9.17, 15) is 0 Å². The second-order valence-electron chi connectivity index (χ2n) is 5.31. The third-order valence-electron chi connectivity index (χ3n) is 3.65. The van der Waals surface area contributed by atoms with Crippen molar-refractivity contribution in [2.45, 2.75) is 41.5 Å². The van der Waals surface area contributed by atoms with Crippen LogP contribution in [0, 0.1) is 13.8 Å². The summed E-state index contributed by atoms with van der Waals surface area (Å²) in [5, 5.41) is 0. The summed E-state index contributed by atoms with van der Waals surface area (Å²) in [4.78, 5) is 0. The van der Waals surface area contributed by atoms with E-state index in [0.717, 1.165) is 0 Å². The summed E-state index contributed by atoms with van der Waals surface area (Å²) in [6, 6.07) is 26.1. The summed E-state index contributed by atoms with van der Waals surface area (Å²) in [6.45, 7) is 12.2. The van der Waals surface area contributed by atoms with Gasteiger partial charge < -0.3 is 0 Å². The van der Waals surface area contributed by atoms with Crippen LogP contribution >= 0.6 is 0 Å². The van der Waals surface area contributed by atoms with Gasteiger partial charge in [-0.25, -0.2) is 0 Å². The van der Waals surface area contributed by atoms with Crippen molar-refractivity contribution in [3.63, 3.8) is 0 Å². The number of aryl methyl sites for hydroxylation is 2. The molecule has 0 nitrogen and oxygen atoms in total. The zero-order chi connectivity index (χ0) is 17.9. The minimum absolute atomic E-state index is 1.26. The minimum Gasteiger partial charge on any atom is -0.0683 e. The lowest BCUT2D eigenvalue weighted by atomic mass is 9.99. The van der Waals surface area contributed by atoms with Crippen LogP contribution in [-0.2, 0) is 0 Å². The number of hydrogen-bond acceptors (Lipinski definition) is 0. The lowest BCUT2D eigenvalue weighted by Crippen LogP contribution is -1.81. The molecular weight excluding hydrogens is 288 g/mol. The molecule has 3 aromatic rings. The Morgan fingerprint density at radius 3 is 0.708 bits per heavy atom. The van der Waals surface area contributed by atoms with Gasteiger partial charge in [-0.3, -0.25) is 0 Å². The van der Waals surface area contributed by atoms with E-state index in [4.69, 9.17) is 0 Å². The Hall–Kier alpha value is -2.34. The average molecular weight is 319 g/mol. The molecule has 3 aromatic carbocycles. The maximum Gasteiger partial charge on any atom is -0.0184 e. The Kier molecular flexibility index (Phi) is 8.57. The molecule has 0 fully saturated rings. The largest absolute Gasteiger partial charge is 0.0683 e. The predicted molar refractivity (Wildman–Crippen MR) is 109 cm³/mol. The van der Waals surface area contributed by atoms with Crippen LogP contribution in [0.15, 0.2) is 72.8 Å². The highest BCUT2D eigenvalue weighted by molar-refractivity contribution is 5.70. The fraction of sp³-hybridized carbons (Fsp3) is 0.250. The monoisotopic (exact) mass is 318 g/mol. The fourth-order valence-electron chi connectivity index (χ4n) is 2.35. The van der Waals surface area contributed by atoms with Crippen molar-refractivity contribution in [1.82, 2.24) is 0 Å². The third-order valence-corrected chi connectivity index (χ3v) is 3.65. The molecule has 24 heavy (non-hydrogen) atoms. The van der Waals surface area contributed by atoms with Crippen molar-refractivity contribution >= 4 is 0 Å². The summed E-state index contributed by atoms with van der Waals surface area (Å²) in [5.74, 6) is 0. The lowest BCUT2D eigenvalue weighted by Gasteiger charge is -2.06. The first-order valence-electron chi connectivity index (χ1n) is 8.96. The van der Waals surface area contributed by atoms with Gasteiger partial charge >= 0.3 is 0 Å². The summed E-state index contributed by atoms with van der Waals surface area (Å²) in [6.07, 6.45) is 0. The zero-order valence-corrected chi connectivity index (χ0v) is 15.9. The molecule has 0 spiro atoms. The van der Waals surface area contributed by atoms with Gasteiger partial charge in [-0.05, 0) is 36.1 Å². The smallest absolute Gasteiger partial charge is 0.0184 e. The van der Waals surface area contributed by atoms with E-state index in [-0.39, 0.29) is 0 Å². The van der Waals surface area contributed by atoms with Crippen LogP contribution in [0.4, 0.5) is 0 Å². The Morgan fingerprint density at radius 1 is 0.333 bits per heavy atom. The van der Waals surface area contributed by atoms with Gasteiger partial charge in [0, 0.05) is 0 Å². The van der Waals surface area contributed by atoms with Gasteiger partial charge in [-0.2, -0.15) is 0 Å². The molecule has 0 heterocycles. The summed E-state index contributed by atoms with van der Waals surface area (Å²) >= 11 is 0. The van der Waals surface area contributed by atoms with Crippen molar-refractivity contribution in [1.29, 1.82) is 0 Å². The van der Waals surface area contributed by atoms with Crippen molar-refractivity contribution in [3.8, 4) is 22.3 Å². The molecule has 0 saturated carbocycles. The van der Waals surface area contributed by atoms with Gasteiger partial charge in [0.2, 0.25) is 0 Å². The number of hydrogen-bond donors (Lipinski definition) is 0. The molecule has 0 saturated heterocycles. The Bertz CT molecular complexity index is 622. The van der Waals surface area contributed by atoms with Crippen LogP contribution in [-0.4, -0.2) is 0 Å². The highest BCUT2D eigenvalue weighted by atomic mass is 14.0. The first-order valence-corrected chi connectivity index (χ1v) is 8.96. The molecule has 0 unspecified atom stereocenters. The molecule has 3 rings (SSSR count). The van der Waals surface area contributed by atoms with Gasteiger partial charge in [-0.1, -0.05) is 112 Å². The maximum atomic E-state index is 2.19. The third kappa shape index (κ3) is 5.38. The van der Waals surface area contributed by atoms with E-state index < -0.39 is 0 Å². The minimum atomic E-state index is 1.26. The van der Waals surface area contributed by atoms with Crippen LogP contribution in [0.2, 0.25) is 0 Å². The standard InChI is InChI=1S/C20H18.2C2H6/c1-15-3-7-17(8-4-15)19-11-13-20(14-12-19)18-9-5-16(2)6-10-18;2*1-2/h3-14H,1-2H3;2*1-2H3. The van der Waals surface area contributed by atoms with Gasteiger partial charge in [0.25, 0.3) is 0 Å². The number of rotatable bonds is 2. The second-order valence-corrected chi connectivity index (χ2v) is 5.31. The molecule has 0 bridgehead atoms. The molecule has 0 aliphatic heterocycles. The molecule has 0 N–H and O–H groups in total. The van der Waals surface area contributed by atoms with Crippen molar-refractivity contribution in [2.75, 3.05) is 0 Å². The van der Waals surface area contributed by atoms with Gasteiger partial charge in [0.1, 0.15) is 0 Å². The molecule has 0 radical (unpaired) electrons. The normalized spacial score (nSPS) is 9.25. The molecule has 0 atom stereocenters. The van der Waals surface area contributed by atoms with E-state index in [1.807, 2.05) is 27.7 Å². The van der Waals surface area contributed by atoms with Gasteiger partial charge in [0.05, 0.1) is 0 Å². The van der Waals surface area contributed by atoms with E-state index >= 15 is 0 Å². The SMILES string of the molecule is CC.CC.Cc1ccc(-c2ccc(-c3ccc(C)cc3)cc2)cc1. The van der Waals surface area contributed by atoms with Crippen LogP contribution in [0.3, 0.4) is 0 Å². The topological polar surface area (TPSA) is 0 Å². The lowest BCUT2D eigenvalue weighted by molar-refractivity contribution is 1.46. The first-order chi connectivity index (χ1) is 11.7. The highest BCUT2D eigenvalue weighted by Gasteiger charge is 2.00. The highest BCUT2D eigenvalue weighted by Crippen LogP contribution is 2.25. The Morgan fingerprint density at radius 2 is 0.500 bits per heavy atom. The van der Waals surface area contributed by atoms with E-state index in [1.54, 1.807) is 0 Å². The molecule has 0 aliphatic rings. The average Bonchev–Trinajstić information content (AvgIpc) is 2.66. The summed E-state index contributed by atoms with van der Waals surface area (Å²) in [7, 11) is 0. The van der Waals surface area contributed by atoms with Gasteiger partial charge in [-0.15, -0.1) is 0 Å². The molecule has 126 valence electrons. The first kappa shape index (κ1) is 19.7. The van der Waals surface area contributed by atoms with Crippen LogP contribution in [0.25, 0.3) is 22.3 Å². The number of benzene rings is 3. The van der Waals surface area contributed by atoms with E-state index in [1.165, 1.54) is 33.4 Å². The fourth-order valence-corrected chi connectivity index (χ4v) is 2.35. The molecular formula is C24H30.